The number of rotatable bonds is 8. The molecule has 0 radical (unpaired) electrons. The van der Waals surface area contributed by atoms with Gasteiger partial charge >= 0.3 is 0 Å². The largest absolute Gasteiger partial charge is 0.390 e. The first kappa shape index (κ1) is 14.4. The molecule has 1 aliphatic rings. The van der Waals surface area contributed by atoms with Crippen molar-refractivity contribution in [3.8, 4) is 0 Å². The van der Waals surface area contributed by atoms with Crippen molar-refractivity contribution in [3.63, 3.8) is 0 Å². The fraction of sp³-hybridized carbons (Fsp3) is 0.833. The van der Waals surface area contributed by atoms with E-state index in [1.165, 1.54) is 0 Å². The van der Waals surface area contributed by atoms with Crippen molar-refractivity contribution in [2.75, 3.05) is 45.9 Å². The van der Waals surface area contributed by atoms with Gasteiger partial charge in [0.1, 0.15) is 0 Å². The summed E-state index contributed by atoms with van der Waals surface area (Å²) in [6, 6.07) is 0. The molecule has 19 heavy (non-hydrogen) atoms. The molecule has 1 aliphatic heterocycles. The Morgan fingerprint density at radius 3 is 2.95 bits per heavy atom. The van der Waals surface area contributed by atoms with E-state index in [1.54, 1.807) is 6.20 Å². The van der Waals surface area contributed by atoms with Crippen molar-refractivity contribution in [2.45, 2.75) is 19.1 Å². The van der Waals surface area contributed by atoms with Gasteiger partial charge in [0, 0.05) is 38.9 Å². The highest BCUT2D eigenvalue weighted by Gasteiger charge is 2.14. The standard InChI is InChI=1S/C12H23N5O2/c18-12(11-16-6-8-19-9-7-16)10-13-2-1-4-17-5-3-14-15-17/h3,5,12-13,18H,1-2,4,6-11H2. The number of hydrogen-bond acceptors (Lipinski definition) is 6. The monoisotopic (exact) mass is 269 g/mol. The fourth-order valence-corrected chi connectivity index (χ4v) is 2.13. The molecule has 2 heterocycles. The van der Waals surface area contributed by atoms with Crippen LogP contribution in [0.15, 0.2) is 12.4 Å². The lowest BCUT2D eigenvalue weighted by Gasteiger charge is -2.28. The maximum atomic E-state index is 9.91. The van der Waals surface area contributed by atoms with Gasteiger partial charge in [-0.3, -0.25) is 9.58 Å². The lowest BCUT2D eigenvalue weighted by molar-refractivity contribution is 0.0149. The van der Waals surface area contributed by atoms with Crippen LogP contribution in [0, 0.1) is 0 Å². The molecule has 1 fully saturated rings. The van der Waals surface area contributed by atoms with E-state index in [9.17, 15) is 5.11 Å². The molecule has 0 bridgehead atoms. The highest BCUT2D eigenvalue weighted by atomic mass is 16.5. The first-order chi connectivity index (χ1) is 9.34. The number of nitrogens with zero attached hydrogens (tertiary/aromatic N) is 4. The second-order valence-corrected chi connectivity index (χ2v) is 4.79. The summed E-state index contributed by atoms with van der Waals surface area (Å²) < 4.78 is 7.09. The lowest BCUT2D eigenvalue weighted by atomic mass is 10.3. The van der Waals surface area contributed by atoms with Crippen LogP contribution < -0.4 is 5.32 Å². The van der Waals surface area contributed by atoms with E-state index in [1.807, 2.05) is 10.9 Å². The highest BCUT2D eigenvalue weighted by Crippen LogP contribution is 1.98. The zero-order valence-electron chi connectivity index (χ0n) is 11.2. The van der Waals surface area contributed by atoms with Gasteiger partial charge in [-0.2, -0.15) is 0 Å². The van der Waals surface area contributed by atoms with Crippen molar-refractivity contribution < 1.29 is 9.84 Å². The predicted octanol–water partition coefficient (Wildman–Crippen LogP) is -1.05. The van der Waals surface area contributed by atoms with E-state index in [0.29, 0.717) is 6.54 Å². The Bertz CT molecular complexity index is 327. The molecule has 108 valence electrons. The normalized spacial score (nSPS) is 18.6. The summed E-state index contributed by atoms with van der Waals surface area (Å²) in [4.78, 5) is 2.24. The highest BCUT2D eigenvalue weighted by molar-refractivity contribution is 4.69. The summed E-state index contributed by atoms with van der Waals surface area (Å²) >= 11 is 0. The van der Waals surface area contributed by atoms with Crippen LogP contribution in [0.25, 0.3) is 0 Å². The van der Waals surface area contributed by atoms with Crippen molar-refractivity contribution in [2.24, 2.45) is 0 Å². The predicted molar refractivity (Wildman–Crippen MR) is 70.8 cm³/mol. The van der Waals surface area contributed by atoms with Crippen molar-refractivity contribution in [3.05, 3.63) is 12.4 Å². The van der Waals surface area contributed by atoms with E-state index >= 15 is 0 Å². The van der Waals surface area contributed by atoms with Crippen LogP contribution in [0.4, 0.5) is 0 Å². The van der Waals surface area contributed by atoms with Gasteiger partial charge in [-0.1, -0.05) is 5.21 Å². The summed E-state index contributed by atoms with van der Waals surface area (Å²) in [6.45, 7) is 6.48. The summed E-state index contributed by atoms with van der Waals surface area (Å²) in [5, 5.41) is 20.8. The van der Waals surface area contributed by atoms with Crippen LogP contribution in [-0.4, -0.2) is 77.0 Å². The Kier molecular flexibility index (Phi) is 6.22. The minimum absolute atomic E-state index is 0.315. The molecule has 1 saturated heterocycles. The Morgan fingerprint density at radius 2 is 2.21 bits per heavy atom. The van der Waals surface area contributed by atoms with Gasteiger partial charge in [-0.15, -0.1) is 5.10 Å². The van der Waals surface area contributed by atoms with Gasteiger partial charge < -0.3 is 15.2 Å². The summed E-state index contributed by atoms with van der Waals surface area (Å²) in [7, 11) is 0. The Hall–Kier alpha value is -1.02. The molecule has 2 rings (SSSR count). The topological polar surface area (TPSA) is 75.4 Å². The molecular formula is C12H23N5O2. The van der Waals surface area contributed by atoms with Crippen LogP contribution >= 0.6 is 0 Å². The number of ether oxygens (including phenoxy) is 1. The van der Waals surface area contributed by atoms with E-state index in [-0.39, 0.29) is 6.10 Å². The first-order valence-corrected chi connectivity index (χ1v) is 6.87. The number of aryl methyl sites for hydroxylation is 1. The molecule has 0 aliphatic carbocycles. The molecule has 0 saturated carbocycles. The zero-order chi connectivity index (χ0) is 13.3. The number of aliphatic hydroxyl groups excluding tert-OH is 1. The first-order valence-electron chi connectivity index (χ1n) is 6.87. The van der Waals surface area contributed by atoms with Crippen LogP contribution in [0.3, 0.4) is 0 Å². The maximum absolute atomic E-state index is 9.91. The van der Waals surface area contributed by atoms with Gasteiger partial charge in [-0.05, 0) is 13.0 Å². The summed E-state index contributed by atoms with van der Waals surface area (Å²) in [6.07, 6.45) is 4.20. The van der Waals surface area contributed by atoms with E-state index in [4.69, 9.17) is 4.74 Å². The molecule has 1 aromatic heterocycles. The van der Waals surface area contributed by atoms with Crippen LogP contribution in [0.1, 0.15) is 6.42 Å². The molecule has 1 unspecified atom stereocenters. The molecule has 0 spiro atoms. The molecule has 2 N–H and O–H groups in total. The number of hydrogen-bond donors (Lipinski definition) is 2. The van der Waals surface area contributed by atoms with Crippen LogP contribution in [0.2, 0.25) is 0 Å². The number of β-amino-alcohol motifs (C(OH)–C–C–N with tert-alkyl or cyclic N) is 1. The molecule has 7 heteroatoms. The molecule has 1 aromatic rings. The number of morpholine rings is 1. The lowest BCUT2D eigenvalue weighted by Crippen LogP contribution is -2.43. The number of nitrogens with one attached hydrogen (secondary N) is 1. The van der Waals surface area contributed by atoms with E-state index < -0.39 is 0 Å². The SMILES string of the molecule is OC(CNCCCn1ccnn1)CN1CCOCC1. The second-order valence-electron chi connectivity index (χ2n) is 4.79. The van der Waals surface area contributed by atoms with E-state index in [0.717, 1.165) is 52.4 Å². The minimum Gasteiger partial charge on any atom is -0.390 e. The fourth-order valence-electron chi connectivity index (χ4n) is 2.13. The smallest absolute Gasteiger partial charge is 0.0791 e. The van der Waals surface area contributed by atoms with Gasteiger partial charge in [0.15, 0.2) is 0 Å². The third-order valence-electron chi connectivity index (χ3n) is 3.17. The third-order valence-corrected chi connectivity index (χ3v) is 3.17. The average Bonchev–Trinajstić information content (AvgIpc) is 2.92. The molecule has 0 amide bonds. The quantitative estimate of drug-likeness (QED) is 0.587. The zero-order valence-corrected chi connectivity index (χ0v) is 11.2. The van der Waals surface area contributed by atoms with Gasteiger partial charge in [0.2, 0.25) is 0 Å². The van der Waals surface area contributed by atoms with Crippen molar-refractivity contribution in [1.82, 2.24) is 25.2 Å². The Labute approximate surface area is 113 Å². The number of aliphatic hydroxyl groups is 1. The van der Waals surface area contributed by atoms with Gasteiger partial charge in [0.25, 0.3) is 0 Å². The van der Waals surface area contributed by atoms with Crippen LogP contribution in [-0.2, 0) is 11.3 Å². The average molecular weight is 269 g/mol. The van der Waals surface area contributed by atoms with Gasteiger partial charge in [0.05, 0.1) is 25.5 Å². The summed E-state index contributed by atoms with van der Waals surface area (Å²) in [5.74, 6) is 0. The molecule has 1 atom stereocenters. The summed E-state index contributed by atoms with van der Waals surface area (Å²) in [5.41, 5.74) is 0. The van der Waals surface area contributed by atoms with Crippen molar-refractivity contribution >= 4 is 0 Å². The molecule has 7 nitrogen and oxygen atoms in total. The second kappa shape index (κ2) is 8.21. The van der Waals surface area contributed by atoms with E-state index in [2.05, 4.69) is 20.5 Å². The third kappa shape index (κ3) is 5.65. The Balaban J connectivity index is 1.48. The maximum Gasteiger partial charge on any atom is 0.0791 e. The van der Waals surface area contributed by atoms with Crippen molar-refractivity contribution in [1.29, 1.82) is 0 Å². The minimum atomic E-state index is -0.315. The van der Waals surface area contributed by atoms with Gasteiger partial charge in [-0.25, -0.2) is 0 Å². The Morgan fingerprint density at radius 1 is 1.37 bits per heavy atom. The van der Waals surface area contributed by atoms with Crippen LogP contribution in [0.5, 0.6) is 0 Å². The number of aromatic nitrogens is 3. The molecule has 0 aromatic carbocycles. The molecular weight excluding hydrogens is 246 g/mol.